The first-order valence-corrected chi connectivity index (χ1v) is 10.8. The fourth-order valence-corrected chi connectivity index (χ4v) is 3.86. The predicted octanol–water partition coefficient (Wildman–Crippen LogP) is 5.95. The number of ketones is 1. The van der Waals surface area contributed by atoms with E-state index in [0.29, 0.717) is 12.4 Å². The predicted molar refractivity (Wildman–Crippen MR) is 118 cm³/mol. The van der Waals surface area contributed by atoms with E-state index in [2.05, 4.69) is 9.97 Å². The lowest BCUT2D eigenvalue weighted by molar-refractivity contribution is -0.138. The van der Waals surface area contributed by atoms with E-state index < -0.39 is 41.1 Å². The van der Waals surface area contributed by atoms with Gasteiger partial charge in [0, 0.05) is 50.3 Å². The van der Waals surface area contributed by atoms with Crippen LogP contribution in [-0.4, -0.2) is 24.9 Å². The first kappa shape index (κ1) is 25.2. The lowest BCUT2D eigenvalue weighted by atomic mass is 9.87. The zero-order valence-corrected chi connectivity index (χ0v) is 18.6. The van der Waals surface area contributed by atoms with Crippen molar-refractivity contribution >= 4 is 5.78 Å². The molecule has 0 fully saturated rings. The molecule has 0 aliphatic rings. The normalized spacial score (nSPS) is 13.9. The number of carbonyl (C=O) groups excluding carboxylic acids is 1. The average molecular weight is 506 g/mol. The third-order valence-corrected chi connectivity index (χ3v) is 5.75. The molecule has 0 radical (unpaired) electrons. The SMILES string of the molecule is O=C(C(Cn1cccc1)c1ccc(C(F)(F)F)cn1)C(Cn1cccc1)c1ccc(C(F)(F)F)cn1. The molecule has 0 saturated carbocycles. The molecule has 0 saturated heterocycles. The highest BCUT2D eigenvalue weighted by Gasteiger charge is 2.35. The summed E-state index contributed by atoms with van der Waals surface area (Å²) in [6.45, 7) is 0.153. The number of aromatic nitrogens is 4. The largest absolute Gasteiger partial charge is 0.417 e. The van der Waals surface area contributed by atoms with Gasteiger partial charge >= 0.3 is 12.4 Å². The minimum atomic E-state index is -4.59. The maximum absolute atomic E-state index is 13.9. The third-order valence-electron chi connectivity index (χ3n) is 5.75. The number of halogens is 6. The number of alkyl halides is 6. The highest BCUT2D eigenvalue weighted by atomic mass is 19.4. The van der Waals surface area contributed by atoms with Gasteiger partial charge in [0.1, 0.15) is 0 Å². The Morgan fingerprint density at radius 3 is 1.31 bits per heavy atom. The Morgan fingerprint density at radius 1 is 0.667 bits per heavy atom. The van der Waals surface area contributed by atoms with Gasteiger partial charge in [-0.3, -0.25) is 14.8 Å². The molecule has 0 N–H and O–H groups in total. The summed E-state index contributed by atoms with van der Waals surface area (Å²) in [5, 5.41) is 0. The van der Waals surface area contributed by atoms with Gasteiger partial charge in [0.05, 0.1) is 34.4 Å². The first-order valence-electron chi connectivity index (χ1n) is 10.8. The van der Waals surface area contributed by atoms with Crippen molar-refractivity contribution < 1.29 is 31.1 Å². The molecule has 0 spiro atoms. The van der Waals surface area contributed by atoms with Crippen molar-refractivity contribution in [3.05, 3.63) is 108 Å². The highest BCUT2D eigenvalue weighted by molar-refractivity contribution is 5.91. The number of Topliss-reactive ketones (excluding diaryl/α,β-unsaturated/α-hetero) is 1. The van der Waals surface area contributed by atoms with Crippen LogP contribution in [0.1, 0.15) is 34.4 Å². The molecule has 4 rings (SSSR count). The fourth-order valence-electron chi connectivity index (χ4n) is 3.86. The fraction of sp³-hybridized carbons (Fsp3) is 0.240. The molecule has 5 nitrogen and oxygen atoms in total. The molecule has 36 heavy (non-hydrogen) atoms. The summed E-state index contributed by atoms with van der Waals surface area (Å²) in [5.41, 5.74) is -1.67. The summed E-state index contributed by atoms with van der Waals surface area (Å²) < 4.78 is 81.7. The Bertz CT molecular complexity index is 1160. The van der Waals surface area contributed by atoms with E-state index in [4.69, 9.17) is 0 Å². The van der Waals surface area contributed by atoms with E-state index in [-0.39, 0.29) is 24.5 Å². The number of rotatable bonds is 8. The second kappa shape index (κ2) is 10.00. The van der Waals surface area contributed by atoms with Crippen LogP contribution in [0.5, 0.6) is 0 Å². The van der Waals surface area contributed by atoms with E-state index in [0.717, 1.165) is 24.3 Å². The van der Waals surface area contributed by atoms with Crippen LogP contribution in [0.3, 0.4) is 0 Å². The molecule has 4 aromatic rings. The number of hydrogen-bond acceptors (Lipinski definition) is 3. The maximum atomic E-state index is 13.9. The topological polar surface area (TPSA) is 52.7 Å². The Labute approximate surface area is 202 Å². The molecule has 0 aliphatic heterocycles. The molecular formula is C25H20F6N4O. The van der Waals surface area contributed by atoms with Gasteiger partial charge in [-0.05, 0) is 48.5 Å². The smallest absolute Gasteiger partial charge is 0.353 e. The summed E-state index contributed by atoms with van der Waals surface area (Å²) in [6, 6.07) is 11.0. The number of carbonyl (C=O) groups is 1. The zero-order chi connectivity index (χ0) is 25.9. The molecular weight excluding hydrogens is 486 g/mol. The van der Waals surface area contributed by atoms with Gasteiger partial charge in [-0.25, -0.2) is 0 Å². The molecule has 11 heteroatoms. The van der Waals surface area contributed by atoms with Crippen LogP contribution in [0.2, 0.25) is 0 Å². The standard InChI is InChI=1S/C25H20F6N4O/c26-24(27,28)17-5-7-21(32-13-17)19(15-34-9-1-2-10-34)23(36)20(16-35-11-3-4-12-35)22-8-6-18(14-33-22)25(29,30)31/h1-14,19-20H,15-16H2. The second-order valence-corrected chi connectivity index (χ2v) is 8.21. The Hall–Kier alpha value is -3.89. The van der Waals surface area contributed by atoms with Crippen molar-refractivity contribution in [1.29, 1.82) is 0 Å². The molecule has 188 valence electrons. The van der Waals surface area contributed by atoms with E-state index in [9.17, 15) is 31.1 Å². The van der Waals surface area contributed by atoms with Crippen LogP contribution < -0.4 is 0 Å². The molecule has 0 bridgehead atoms. The van der Waals surface area contributed by atoms with Crippen molar-refractivity contribution in [2.75, 3.05) is 0 Å². The molecule has 4 heterocycles. The second-order valence-electron chi connectivity index (χ2n) is 8.21. The first-order chi connectivity index (χ1) is 17.0. The van der Waals surface area contributed by atoms with Crippen LogP contribution in [-0.2, 0) is 30.2 Å². The van der Waals surface area contributed by atoms with Crippen molar-refractivity contribution in [2.45, 2.75) is 37.3 Å². The highest BCUT2D eigenvalue weighted by Crippen LogP contribution is 2.33. The average Bonchev–Trinajstić information content (AvgIpc) is 3.54. The quantitative estimate of drug-likeness (QED) is 0.278. The number of nitrogens with zero attached hydrogens (tertiary/aromatic N) is 4. The number of hydrogen-bond donors (Lipinski definition) is 0. The summed E-state index contributed by atoms with van der Waals surface area (Å²) in [6.07, 6.45) is -1.06. The summed E-state index contributed by atoms with van der Waals surface area (Å²) >= 11 is 0. The maximum Gasteiger partial charge on any atom is 0.417 e. The molecule has 0 aliphatic carbocycles. The lowest BCUT2D eigenvalue weighted by Gasteiger charge is -2.24. The Morgan fingerprint density at radius 2 is 1.03 bits per heavy atom. The van der Waals surface area contributed by atoms with Crippen LogP contribution >= 0.6 is 0 Å². The van der Waals surface area contributed by atoms with Gasteiger partial charge in [-0.15, -0.1) is 0 Å². The molecule has 0 aromatic carbocycles. The van der Waals surface area contributed by atoms with E-state index in [1.807, 2.05) is 0 Å². The third kappa shape index (κ3) is 5.84. The van der Waals surface area contributed by atoms with E-state index in [1.165, 1.54) is 0 Å². The van der Waals surface area contributed by atoms with Crippen LogP contribution in [0.4, 0.5) is 26.3 Å². The summed E-state index contributed by atoms with van der Waals surface area (Å²) in [7, 11) is 0. The van der Waals surface area contributed by atoms with Crippen molar-refractivity contribution in [2.24, 2.45) is 0 Å². The van der Waals surface area contributed by atoms with Crippen LogP contribution in [0.25, 0.3) is 0 Å². The van der Waals surface area contributed by atoms with Gasteiger partial charge in [0.2, 0.25) is 0 Å². The van der Waals surface area contributed by atoms with Crippen molar-refractivity contribution in [3.63, 3.8) is 0 Å². The van der Waals surface area contributed by atoms with E-state index >= 15 is 0 Å². The molecule has 2 unspecified atom stereocenters. The minimum Gasteiger partial charge on any atom is -0.353 e. The Kier molecular flexibility index (Phi) is 7.00. The minimum absolute atomic E-state index is 0.0764. The van der Waals surface area contributed by atoms with Gasteiger partial charge in [-0.2, -0.15) is 26.3 Å². The van der Waals surface area contributed by atoms with Gasteiger partial charge in [-0.1, -0.05) is 0 Å². The van der Waals surface area contributed by atoms with Gasteiger partial charge in [0.15, 0.2) is 5.78 Å². The lowest BCUT2D eigenvalue weighted by Crippen LogP contribution is -2.28. The summed E-state index contributed by atoms with van der Waals surface area (Å²) in [4.78, 5) is 21.8. The van der Waals surface area contributed by atoms with Crippen LogP contribution in [0.15, 0.2) is 85.7 Å². The zero-order valence-electron chi connectivity index (χ0n) is 18.6. The van der Waals surface area contributed by atoms with Crippen molar-refractivity contribution in [3.8, 4) is 0 Å². The van der Waals surface area contributed by atoms with Gasteiger partial charge in [0.25, 0.3) is 0 Å². The number of pyridine rings is 2. The molecule has 0 amide bonds. The summed E-state index contributed by atoms with van der Waals surface area (Å²) in [5.74, 6) is -2.40. The van der Waals surface area contributed by atoms with E-state index in [1.54, 1.807) is 58.2 Å². The molecule has 4 aromatic heterocycles. The monoisotopic (exact) mass is 506 g/mol. The van der Waals surface area contributed by atoms with Gasteiger partial charge < -0.3 is 9.13 Å². The van der Waals surface area contributed by atoms with Crippen molar-refractivity contribution in [1.82, 2.24) is 19.1 Å². The van der Waals surface area contributed by atoms with Crippen LogP contribution in [0, 0.1) is 0 Å². The molecule has 2 atom stereocenters. The Balaban J connectivity index is 1.73.